The van der Waals surface area contributed by atoms with E-state index in [1.807, 2.05) is 0 Å². The van der Waals surface area contributed by atoms with Crippen LogP contribution in [0.25, 0.3) is 0 Å². The fourth-order valence-electron chi connectivity index (χ4n) is 2.47. The first-order valence-electron chi connectivity index (χ1n) is 6.57. The number of ether oxygens (including phenoxy) is 1. The van der Waals surface area contributed by atoms with Gasteiger partial charge in [0.1, 0.15) is 11.2 Å². The predicted octanol–water partition coefficient (Wildman–Crippen LogP) is 3.11. The van der Waals surface area contributed by atoms with Gasteiger partial charge in [-0.05, 0) is 37.1 Å². The summed E-state index contributed by atoms with van der Waals surface area (Å²) in [5.41, 5.74) is -0.149. The van der Waals surface area contributed by atoms with E-state index in [9.17, 15) is 10.1 Å². The van der Waals surface area contributed by atoms with E-state index in [2.05, 4.69) is 11.4 Å². The highest BCUT2D eigenvalue weighted by Crippen LogP contribution is 2.36. The highest BCUT2D eigenvalue weighted by molar-refractivity contribution is 5.97. The molecule has 0 saturated heterocycles. The van der Waals surface area contributed by atoms with E-state index in [-0.39, 0.29) is 5.91 Å². The number of hydrogen-bond donors (Lipinski definition) is 1. The second kappa shape index (κ2) is 5.75. The lowest BCUT2D eigenvalue weighted by Crippen LogP contribution is -2.36. The lowest BCUT2D eigenvalue weighted by molar-refractivity contribution is -0.124. The van der Waals surface area contributed by atoms with Gasteiger partial charge in [-0.15, -0.1) is 0 Å². The Hall–Kier alpha value is -2.02. The molecule has 1 N–H and O–H groups in total. The van der Waals surface area contributed by atoms with Crippen LogP contribution >= 0.6 is 0 Å². The minimum Gasteiger partial charge on any atom is -0.497 e. The topological polar surface area (TPSA) is 62.1 Å². The number of nitriles is 1. The average molecular weight is 258 g/mol. The van der Waals surface area contributed by atoms with E-state index in [1.165, 1.54) is 0 Å². The third-order valence-electron chi connectivity index (χ3n) is 3.70. The van der Waals surface area contributed by atoms with Gasteiger partial charge in [-0.25, -0.2) is 0 Å². The van der Waals surface area contributed by atoms with Crippen molar-refractivity contribution in [3.05, 3.63) is 24.3 Å². The van der Waals surface area contributed by atoms with Crippen LogP contribution in [0.4, 0.5) is 5.69 Å². The molecule has 1 saturated carbocycles. The number of nitrogens with one attached hydrogen (secondary N) is 1. The lowest BCUT2D eigenvalue weighted by atomic mass is 9.74. The summed E-state index contributed by atoms with van der Waals surface area (Å²) in [6.07, 6.45) is 4.32. The van der Waals surface area contributed by atoms with Gasteiger partial charge in [0, 0.05) is 5.69 Å². The summed E-state index contributed by atoms with van der Waals surface area (Å²) in [5.74, 6) is 0.561. The van der Waals surface area contributed by atoms with Gasteiger partial charge in [-0.2, -0.15) is 5.26 Å². The maximum absolute atomic E-state index is 12.3. The molecule has 0 bridgehead atoms. The normalized spacial score (nSPS) is 17.3. The Morgan fingerprint density at radius 2 is 1.89 bits per heavy atom. The molecule has 1 aromatic carbocycles. The van der Waals surface area contributed by atoms with E-state index < -0.39 is 5.41 Å². The number of amides is 1. The van der Waals surface area contributed by atoms with E-state index in [1.54, 1.807) is 31.4 Å². The van der Waals surface area contributed by atoms with E-state index in [0.29, 0.717) is 18.5 Å². The zero-order valence-corrected chi connectivity index (χ0v) is 11.1. The smallest absolute Gasteiger partial charge is 0.244 e. The Morgan fingerprint density at radius 3 is 2.42 bits per heavy atom. The summed E-state index contributed by atoms with van der Waals surface area (Å²) in [7, 11) is 1.60. The van der Waals surface area contributed by atoms with Crippen molar-refractivity contribution in [2.24, 2.45) is 5.41 Å². The van der Waals surface area contributed by atoms with Crippen LogP contribution in [0.5, 0.6) is 5.75 Å². The van der Waals surface area contributed by atoms with Crippen LogP contribution < -0.4 is 10.1 Å². The summed E-state index contributed by atoms with van der Waals surface area (Å²) < 4.78 is 5.07. The van der Waals surface area contributed by atoms with Crippen LogP contribution in [0, 0.1) is 16.7 Å². The second-order valence-electron chi connectivity index (χ2n) is 4.94. The molecule has 1 aromatic rings. The van der Waals surface area contributed by atoms with Gasteiger partial charge in [-0.1, -0.05) is 19.3 Å². The number of carbonyl (C=O) groups excluding carboxylic acids is 1. The lowest BCUT2D eigenvalue weighted by Gasteiger charge is -2.29. The van der Waals surface area contributed by atoms with Crippen molar-refractivity contribution in [3.63, 3.8) is 0 Å². The molecule has 1 aliphatic carbocycles. The number of carbonyl (C=O) groups is 1. The minimum atomic E-state index is -0.849. The Morgan fingerprint density at radius 1 is 1.26 bits per heavy atom. The number of rotatable bonds is 3. The fourth-order valence-corrected chi connectivity index (χ4v) is 2.47. The van der Waals surface area contributed by atoms with Crippen LogP contribution in [0.2, 0.25) is 0 Å². The highest BCUT2D eigenvalue weighted by Gasteiger charge is 2.39. The van der Waals surface area contributed by atoms with Gasteiger partial charge in [-0.3, -0.25) is 4.79 Å². The number of benzene rings is 1. The molecule has 0 heterocycles. The molecule has 1 fully saturated rings. The predicted molar refractivity (Wildman–Crippen MR) is 72.8 cm³/mol. The number of nitrogens with zero attached hydrogens (tertiary/aromatic N) is 1. The maximum Gasteiger partial charge on any atom is 0.244 e. The number of hydrogen-bond acceptors (Lipinski definition) is 3. The molecule has 0 aliphatic heterocycles. The van der Waals surface area contributed by atoms with Gasteiger partial charge in [0.05, 0.1) is 13.2 Å². The first kappa shape index (κ1) is 13.4. The summed E-state index contributed by atoms with van der Waals surface area (Å²) >= 11 is 0. The Kier molecular flexibility index (Phi) is 4.06. The SMILES string of the molecule is COc1ccc(NC(=O)C2(C#N)CCCCC2)cc1. The molecule has 1 amide bonds. The molecule has 0 radical (unpaired) electrons. The second-order valence-corrected chi connectivity index (χ2v) is 4.94. The molecule has 2 rings (SSSR count). The Bertz CT molecular complexity index is 482. The van der Waals surface area contributed by atoms with Crippen molar-refractivity contribution in [1.29, 1.82) is 5.26 Å². The van der Waals surface area contributed by atoms with Gasteiger partial charge < -0.3 is 10.1 Å². The fraction of sp³-hybridized carbons (Fsp3) is 0.467. The molecular weight excluding hydrogens is 240 g/mol. The highest BCUT2D eigenvalue weighted by atomic mass is 16.5. The molecule has 0 aromatic heterocycles. The first-order chi connectivity index (χ1) is 9.20. The molecule has 100 valence electrons. The van der Waals surface area contributed by atoms with Crippen LogP contribution in [0.3, 0.4) is 0 Å². The quantitative estimate of drug-likeness (QED) is 0.906. The first-order valence-corrected chi connectivity index (χ1v) is 6.57. The largest absolute Gasteiger partial charge is 0.497 e. The summed E-state index contributed by atoms with van der Waals surface area (Å²) in [6, 6.07) is 9.36. The van der Waals surface area contributed by atoms with Crippen molar-refractivity contribution in [2.45, 2.75) is 32.1 Å². The Labute approximate surface area is 113 Å². The van der Waals surface area contributed by atoms with Crippen molar-refractivity contribution < 1.29 is 9.53 Å². The molecule has 1 aliphatic rings. The molecule has 19 heavy (non-hydrogen) atoms. The van der Waals surface area contributed by atoms with Gasteiger partial charge in [0.25, 0.3) is 0 Å². The Balaban J connectivity index is 2.08. The molecule has 4 nitrogen and oxygen atoms in total. The number of anilines is 1. The zero-order valence-electron chi connectivity index (χ0n) is 11.1. The van der Waals surface area contributed by atoms with Crippen molar-refractivity contribution in [2.75, 3.05) is 12.4 Å². The number of methoxy groups -OCH3 is 1. The van der Waals surface area contributed by atoms with Crippen LogP contribution in [-0.4, -0.2) is 13.0 Å². The zero-order chi connectivity index (χ0) is 13.7. The standard InChI is InChI=1S/C15H18N2O2/c1-19-13-7-5-12(6-8-13)17-14(18)15(11-16)9-3-2-4-10-15/h5-8H,2-4,9-10H2,1H3,(H,17,18). The molecule has 4 heteroatoms. The van der Waals surface area contributed by atoms with Gasteiger partial charge >= 0.3 is 0 Å². The van der Waals surface area contributed by atoms with Crippen LogP contribution in [0.15, 0.2) is 24.3 Å². The van der Waals surface area contributed by atoms with Crippen LogP contribution in [0.1, 0.15) is 32.1 Å². The molecular formula is C15H18N2O2. The summed E-state index contributed by atoms with van der Waals surface area (Å²) in [4.78, 5) is 12.3. The average Bonchev–Trinajstić information content (AvgIpc) is 2.48. The third-order valence-corrected chi connectivity index (χ3v) is 3.70. The van der Waals surface area contributed by atoms with E-state index in [0.717, 1.165) is 25.0 Å². The van der Waals surface area contributed by atoms with Crippen molar-refractivity contribution in [3.8, 4) is 11.8 Å². The molecule has 0 unspecified atom stereocenters. The van der Waals surface area contributed by atoms with E-state index >= 15 is 0 Å². The monoisotopic (exact) mass is 258 g/mol. The third kappa shape index (κ3) is 2.87. The summed E-state index contributed by atoms with van der Waals surface area (Å²) in [5, 5.41) is 12.2. The van der Waals surface area contributed by atoms with Gasteiger partial charge in [0.2, 0.25) is 5.91 Å². The minimum absolute atomic E-state index is 0.181. The van der Waals surface area contributed by atoms with Crippen LogP contribution in [-0.2, 0) is 4.79 Å². The van der Waals surface area contributed by atoms with Gasteiger partial charge in [0.15, 0.2) is 0 Å². The van der Waals surface area contributed by atoms with Crippen molar-refractivity contribution >= 4 is 11.6 Å². The molecule has 0 spiro atoms. The summed E-state index contributed by atoms with van der Waals surface area (Å²) in [6.45, 7) is 0. The maximum atomic E-state index is 12.3. The van der Waals surface area contributed by atoms with Crippen molar-refractivity contribution in [1.82, 2.24) is 0 Å². The van der Waals surface area contributed by atoms with E-state index in [4.69, 9.17) is 4.74 Å². The molecule has 0 atom stereocenters.